The van der Waals surface area contributed by atoms with E-state index in [0.29, 0.717) is 22.7 Å². The Kier molecular flexibility index (Phi) is 6.07. The average Bonchev–Trinajstić information content (AvgIpc) is 2.70. The van der Waals surface area contributed by atoms with Gasteiger partial charge in [-0.25, -0.2) is 0 Å². The first kappa shape index (κ1) is 19.2. The topological polar surface area (TPSA) is 67.4 Å². The van der Waals surface area contributed by atoms with Gasteiger partial charge in [-0.1, -0.05) is 36.4 Å². The highest BCUT2D eigenvalue weighted by Gasteiger charge is 2.14. The Labute approximate surface area is 164 Å². The van der Waals surface area contributed by atoms with Gasteiger partial charge in [0.25, 0.3) is 11.8 Å². The Morgan fingerprint density at radius 1 is 0.786 bits per heavy atom. The minimum absolute atomic E-state index is 0.192. The van der Waals surface area contributed by atoms with Crippen LogP contribution in [-0.4, -0.2) is 18.4 Å². The first-order valence-electron chi connectivity index (χ1n) is 8.98. The fraction of sp³-hybridized carbons (Fsp3) is 0.130. The van der Waals surface area contributed by atoms with Gasteiger partial charge in [-0.15, -0.1) is 0 Å². The number of nitrogens with one attached hydrogen (secondary N) is 2. The minimum atomic E-state index is -0.295. The normalized spacial score (nSPS) is 10.2. The molecule has 3 aromatic carbocycles. The minimum Gasteiger partial charge on any atom is -0.483 e. The lowest BCUT2D eigenvalue weighted by atomic mass is 10.1. The fourth-order valence-electron chi connectivity index (χ4n) is 2.66. The maximum atomic E-state index is 12.5. The van der Waals surface area contributed by atoms with E-state index >= 15 is 0 Å². The number of benzene rings is 3. The molecule has 142 valence electrons. The molecule has 0 fully saturated rings. The Hall–Kier alpha value is -3.60. The molecule has 5 nitrogen and oxygen atoms in total. The van der Waals surface area contributed by atoms with E-state index in [-0.39, 0.29) is 18.4 Å². The Morgan fingerprint density at radius 2 is 1.50 bits per heavy atom. The van der Waals surface area contributed by atoms with Gasteiger partial charge < -0.3 is 15.4 Å². The van der Waals surface area contributed by atoms with E-state index in [9.17, 15) is 9.59 Å². The van der Waals surface area contributed by atoms with Gasteiger partial charge >= 0.3 is 0 Å². The van der Waals surface area contributed by atoms with Gasteiger partial charge in [-0.05, 0) is 61.4 Å². The predicted molar refractivity (Wildman–Crippen MR) is 111 cm³/mol. The summed E-state index contributed by atoms with van der Waals surface area (Å²) in [7, 11) is 0. The van der Waals surface area contributed by atoms with Crippen molar-refractivity contribution in [1.29, 1.82) is 0 Å². The molecular weight excluding hydrogens is 352 g/mol. The van der Waals surface area contributed by atoms with Crippen LogP contribution in [0.15, 0.2) is 72.8 Å². The number of hydrogen-bond acceptors (Lipinski definition) is 3. The highest BCUT2D eigenvalue weighted by Crippen LogP contribution is 2.20. The molecule has 0 aliphatic carbocycles. The van der Waals surface area contributed by atoms with Gasteiger partial charge in [0.15, 0.2) is 6.61 Å². The van der Waals surface area contributed by atoms with E-state index in [4.69, 9.17) is 4.74 Å². The second-order valence-corrected chi connectivity index (χ2v) is 6.45. The van der Waals surface area contributed by atoms with Crippen LogP contribution in [0.4, 0.5) is 11.4 Å². The molecule has 5 heteroatoms. The number of ether oxygens (including phenoxy) is 1. The number of aryl methyl sites for hydroxylation is 2. The first-order chi connectivity index (χ1) is 13.5. The molecule has 0 aliphatic heterocycles. The maximum Gasteiger partial charge on any atom is 0.262 e. The monoisotopic (exact) mass is 374 g/mol. The molecule has 0 bridgehead atoms. The number of anilines is 2. The van der Waals surface area contributed by atoms with Crippen molar-refractivity contribution in [3.8, 4) is 5.75 Å². The summed E-state index contributed by atoms with van der Waals surface area (Å²) in [5.41, 5.74) is 4.03. The quantitative estimate of drug-likeness (QED) is 0.664. The summed E-state index contributed by atoms with van der Waals surface area (Å²) in [6, 6.07) is 21.7. The van der Waals surface area contributed by atoms with Crippen LogP contribution in [0.25, 0.3) is 0 Å². The van der Waals surface area contributed by atoms with E-state index in [1.807, 2.05) is 50.2 Å². The third-order valence-corrected chi connectivity index (χ3v) is 4.31. The second-order valence-electron chi connectivity index (χ2n) is 6.45. The molecule has 2 N–H and O–H groups in total. The third-order valence-electron chi connectivity index (χ3n) is 4.31. The molecule has 0 heterocycles. The van der Waals surface area contributed by atoms with Crippen LogP contribution in [0, 0.1) is 13.8 Å². The van der Waals surface area contributed by atoms with Crippen molar-refractivity contribution < 1.29 is 14.3 Å². The predicted octanol–water partition coefficient (Wildman–Crippen LogP) is 4.57. The van der Waals surface area contributed by atoms with Gasteiger partial charge in [0.1, 0.15) is 5.75 Å². The molecule has 0 atom stereocenters. The molecule has 3 rings (SSSR count). The van der Waals surface area contributed by atoms with Gasteiger partial charge in [0.05, 0.1) is 5.56 Å². The summed E-state index contributed by atoms with van der Waals surface area (Å²) in [5, 5.41) is 5.62. The van der Waals surface area contributed by atoms with Crippen molar-refractivity contribution in [2.24, 2.45) is 0 Å². The summed E-state index contributed by atoms with van der Waals surface area (Å²) in [6.45, 7) is 3.81. The van der Waals surface area contributed by atoms with Crippen LogP contribution in [0.5, 0.6) is 5.75 Å². The van der Waals surface area contributed by atoms with Gasteiger partial charge in [0.2, 0.25) is 0 Å². The van der Waals surface area contributed by atoms with E-state index in [1.165, 1.54) is 0 Å². The van der Waals surface area contributed by atoms with Gasteiger partial charge in [-0.3, -0.25) is 9.59 Å². The Balaban J connectivity index is 1.63. The molecule has 0 saturated heterocycles. The molecular formula is C23H22N2O3. The molecule has 0 aliphatic rings. The lowest BCUT2D eigenvalue weighted by molar-refractivity contribution is -0.118. The van der Waals surface area contributed by atoms with Crippen LogP contribution in [0.3, 0.4) is 0 Å². The Morgan fingerprint density at radius 3 is 2.25 bits per heavy atom. The molecule has 2 amide bonds. The number of carbonyl (C=O) groups is 2. The molecule has 0 unspecified atom stereocenters. The molecule has 28 heavy (non-hydrogen) atoms. The number of hydrogen-bond donors (Lipinski definition) is 2. The van der Waals surface area contributed by atoms with Crippen molar-refractivity contribution in [2.45, 2.75) is 13.8 Å². The van der Waals surface area contributed by atoms with Gasteiger partial charge in [0, 0.05) is 11.4 Å². The zero-order valence-electron chi connectivity index (χ0n) is 15.9. The molecule has 0 spiro atoms. The second kappa shape index (κ2) is 8.86. The number of rotatable bonds is 6. The molecule has 0 saturated carbocycles. The van der Waals surface area contributed by atoms with E-state index in [2.05, 4.69) is 10.6 Å². The highest BCUT2D eigenvalue weighted by molar-refractivity contribution is 6.06. The fourth-order valence-corrected chi connectivity index (χ4v) is 2.66. The SMILES string of the molecule is Cc1ccc(NC(=O)COc2ccccc2C(=O)Nc2ccccc2)cc1C. The molecule has 0 radical (unpaired) electrons. The first-order valence-corrected chi connectivity index (χ1v) is 8.98. The standard InChI is InChI=1S/C23H22N2O3/c1-16-12-13-19(14-17(16)2)24-22(26)15-28-21-11-7-6-10-20(21)23(27)25-18-8-4-3-5-9-18/h3-14H,15H2,1-2H3,(H,24,26)(H,25,27). The summed E-state index contributed by atoms with van der Waals surface area (Å²) >= 11 is 0. The van der Waals surface area contributed by atoms with Crippen LogP contribution in [0.1, 0.15) is 21.5 Å². The van der Waals surface area contributed by atoms with Crippen LogP contribution >= 0.6 is 0 Å². The zero-order chi connectivity index (χ0) is 19.9. The van der Waals surface area contributed by atoms with Crippen molar-refractivity contribution >= 4 is 23.2 Å². The van der Waals surface area contributed by atoms with E-state index in [0.717, 1.165) is 11.1 Å². The smallest absolute Gasteiger partial charge is 0.262 e. The number of para-hydroxylation sites is 2. The number of amides is 2. The third kappa shape index (κ3) is 4.98. The zero-order valence-corrected chi connectivity index (χ0v) is 15.9. The van der Waals surface area contributed by atoms with Crippen molar-refractivity contribution in [2.75, 3.05) is 17.2 Å². The van der Waals surface area contributed by atoms with Crippen LogP contribution < -0.4 is 15.4 Å². The average molecular weight is 374 g/mol. The van der Waals surface area contributed by atoms with E-state index in [1.54, 1.807) is 36.4 Å². The number of carbonyl (C=O) groups excluding carboxylic acids is 2. The van der Waals surface area contributed by atoms with Crippen molar-refractivity contribution in [3.63, 3.8) is 0 Å². The summed E-state index contributed by atoms with van der Waals surface area (Å²) in [5.74, 6) is -0.232. The summed E-state index contributed by atoms with van der Waals surface area (Å²) < 4.78 is 5.61. The summed E-state index contributed by atoms with van der Waals surface area (Å²) in [6.07, 6.45) is 0. The van der Waals surface area contributed by atoms with Crippen LogP contribution in [0.2, 0.25) is 0 Å². The summed E-state index contributed by atoms with van der Waals surface area (Å²) in [4.78, 5) is 24.8. The largest absolute Gasteiger partial charge is 0.483 e. The molecule has 0 aromatic heterocycles. The lowest BCUT2D eigenvalue weighted by Gasteiger charge is -2.12. The van der Waals surface area contributed by atoms with Crippen molar-refractivity contribution in [3.05, 3.63) is 89.5 Å². The molecule has 3 aromatic rings. The van der Waals surface area contributed by atoms with Crippen LogP contribution in [-0.2, 0) is 4.79 Å². The van der Waals surface area contributed by atoms with Crippen molar-refractivity contribution in [1.82, 2.24) is 0 Å². The highest BCUT2D eigenvalue weighted by atomic mass is 16.5. The van der Waals surface area contributed by atoms with Gasteiger partial charge in [-0.2, -0.15) is 0 Å². The van der Waals surface area contributed by atoms with E-state index < -0.39 is 0 Å². The lowest BCUT2D eigenvalue weighted by Crippen LogP contribution is -2.21. The Bertz CT molecular complexity index is 984. The maximum absolute atomic E-state index is 12.5.